The van der Waals surface area contributed by atoms with E-state index in [1.165, 1.54) is 0 Å². The second-order valence-corrected chi connectivity index (χ2v) is 9.54. The minimum absolute atomic E-state index is 0.0321. The smallest absolute Gasteiger partial charge is 0.248 e. The molecule has 0 N–H and O–H groups in total. The van der Waals surface area contributed by atoms with Gasteiger partial charge >= 0.3 is 0 Å². The van der Waals surface area contributed by atoms with Crippen molar-refractivity contribution in [3.8, 4) is 0 Å². The van der Waals surface area contributed by atoms with E-state index < -0.39 is 0 Å². The second kappa shape index (κ2) is 8.26. The Balaban J connectivity index is 1.76. The summed E-state index contributed by atoms with van der Waals surface area (Å²) >= 11 is 0. The zero-order valence-corrected chi connectivity index (χ0v) is 17.5. The van der Waals surface area contributed by atoms with Crippen LogP contribution in [0.5, 0.6) is 0 Å². The summed E-state index contributed by atoms with van der Waals surface area (Å²) in [7, 11) is 0. The molecular weight excluding hydrogens is 330 g/mol. The third-order valence-corrected chi connectivity index (χ3v) is 5.37. The molecule has 150 valence electrons. The van der Waals surface area contributed by atoms with Crippen molar-refractivity contribution >= 4 is 11.8 Å². The van der Waals surface area contributed by atoms with Gasteiger partial charge in [-0.25, -0.2) is 0 Å². The number of hydrogen-bond donors (Lipinski definition) is 0. The predicted molar refractivity (Wildman–Crippen MR) is 103 cm³/mol. The van der Waals surface area contributed by atoms with Gasteiger partial charge in [0.25, 0.3) is 0 Å². The Morgan fingerprint density at radius 3 is 1.85 bits per heavy atom. The molecule has 0 atom stereocenters. The summed E-state index contributed by atoms with van der Waals surface area (Å²) in [5.74, 6) is 0.366. The third kappa shape index (κ3) is 5.95. The second-order valence-electron chi connectivity index (χ2n) is 9.54. The molecule has 0 aromatic rings. The van der Waals surface area contributed by atoms with Crippen molar-refractivity contribution in [1.29, 1.82) is 0 Å². The van der Waals surface area contributed by atoms with Gasteiger partial charge in [-0.3, -0.25) is 14.5 Å². The highest BCUT2D eigenvalue weighted by Crippen LogP contribution is 2.22. The lowest BCUT2D eigenvalue weighted by atomic mass is 9.94. The van der Waals surface area contributed by atoms with Gasteiger partial charge < -0.3 is 14.5 Å². The number of carbonyl (C=O) groups excluding carboxylic acids is 2. The Morgan fingerprint density at radius 1 is 0.846 bits per heavy atom. The van der Waals surface area contributed by atoms with Crippen molar-refractivity contribution in [1.82, 2.24) is 14.7 Å². The van der Waals surface area contributed by atoms with E-state index in [1.807, 2.05) is 30.6 Å². The lowest BCUT2D eigenvalue weighted by Gasteiger charge is -2.43. The standard InChI is InChI=1S/C20H37N3O3/c1-19(2,3)23-13-11-22(12-14-23)18(25)16-7-9-21(10-8-16)17(24)15-26-20(4,5)6/h16H,7-15H2,1-6H3. The zero-order valence-electron chi connectivity index (χ0n) is 17.5. The van der Waals surface area contributed by atoms with Crippen LogP contribution in [-0.4, -0.2) is 83.5 Å². The van der Waals surface area contributed by atoms with E-state index in [-0.39, 0.29) is 35.5 Å². The van der Waals surface area contributed by atoms with Gasteiger partial charge in [0.1, 0.15) is 6.61 Å². The van der Waals surface area contributed by atoms with Crippen LogP contribution in [0.15, 0.2) is 0 Å². The summed E-state index contributed by atoms with van der Waals surface area (Å²) in [5, 5.41) is 0. The van der Waals surface area contributed by atoms with E-state index in [9.17, 15) is 9.59 Å². The number of carbonyl (C=O) groups is 2. The normalized spacial score (nSPS) is 21.2. The van der Waals surface area contributed by atoms with E-state index in [2.05, 4.69) is 25.7 Å². The van der Waals surface area contributed by atoms with Crippen molar-refractivity contribution in [3.05, 3.63) is 0 Å². The number of piperidine rings is 1. The molecule has 2 aliphatic heterocycles. The number of amides is 2. The Hall–Kier alpha value is -1.14. The number of piperazine rings is 1. The molecule has 0 bridgehead atoms. The number of hydrogen-bond acceptors (Lipinski definition) is 4. The minimum Gasteiger partial charge on any atom is -0.366 e. The Morgan fingerprint density at radius 2 is 1.38 bits per heavy atom. The molecule has 0 spiro atoms. The fourth-order valence-corrected chi connectivity index (χ4v) is 3.60. The van der Waals surface area contributed by atoms with Gasteiger partial charge in [0.2, 0.25) is 11.8 Å². The minimum atomic E-state index is -0.306. The summed E-state index contributed by atoms with van der Waals surface area (Å²) in [4.78, 5) is 31.4. The maximum absolute atomic E-state index is 12.8. The molecule has 2 heterocycles. The van der Waals surface area contributed by atoms with E-state index in [1.54, 1.807) is 0 Å². The first-order valence-electron chi connectivity index (χ1n) is 9.93. The first-order chi connectivity index (χ1) is 12.0. The fraction of sp³-hybridized carbons (Fsp3) is 0.900. The highest BCUT2D eigenvalue weighted by molar-refractivity contribution is 5.80. The van der Waals surface area contributed by atoms with Gasteiger partial charge in [-0.05, 0) is 54.4 Å². The Labute approximate surface area is 158 Å². The molecule has 0 radical (unpaired) electrons. The molecule has 2 amide bonds. The van der Waals surface area contributed by atoms with Crippen molar-refractivity contribution in [2.45, 2.75) is 65.5 Å². The third-order valence-electron chi connectivity index (χ3n) is 5.37. The molecule has 26 heavy (non-hydrogen) atoms. The molecule has 0 aromatic heterocycles. The van der Waals surface area contributed by atoms with Crippen LogP contribution in [-0.2, 0) is 14.3 Å². The van der Waals surface area contributed by atoms with E-state index >= 15 is 0 Å². The molecule has 2 aliphatic rings. The molecular formula is C20H37N3O3. The van der Waals surface area contributed by atoms with Crippen molar-refractivity contribution in [3.63, 3.8) is 0 Å². The molecule has 2 fully saturated rings. The lowest BCUT2D eigenvalue weighted by molar-refractivity contribution is -0.146. The average molecular weight is 368 g/mol. The van der Waals surface area contributed by atoms with Gasteiger partial charge in [0.05, 0.1) is 5.60 Å². The molecule has 0 aliphatic carbocycles. The fourth-order valence-electron chi connectivity index (χ4n) is 3.60. The van der Waals surface area contributed by atoms with Crippen molar-refractivity contribution in [2.75, 3.05) is 45.9 Å². The number of rotatable bonds is 3. The highest BCUT2D eigenvalue weighted by atomic mass is 16.5. The molecule has 0 saturated carbocycles. The molecule has 6 nitrogen and oxygen atoms in total. The van der Waals surface area contributed by atoms with E-state index in [0.717, 1.165) is 39.0 Å². The van der Waals surface area contributed by atoms with Gasteiger partial charge in [0, 0.05) is 50.7 Å². The summed E-state index contributed by atoms with van der Waals surface area (Å²) in [6, 6.07) is 0. The summed E-state index contributed by atoms with van der Waals surface area (Å²) in [6.07, 6.45) is 1.53. The quantitative estimate of drug-likeness (QED) is 0.765. The molecule has 2 rings (SSSR count). The summed E-state index contributed by atoms with van der Waals surface area (Å²) < 4.78 is 5.58. The molecule has 0 aromatic carbocycles. The zero-order chi connectivity index (χ0) is 19.5. The Kier molecular flexibility index (Phi) is 6.72. The van der Waals surface area contributed by atoms with Crippen LogP contribution in [0, 0.1) is 5.92 Å². The summed E-state index contributed by atoms with van der Waals surface area (Å²) in [6.45, 7) is 17.5. The first-order valence-corrected chi connectivity index (χ1v) is 9.93. The molecule has 0 unspecified atom stereocenters. The summed E-state index contributed by atoms with van der Waals surface area (Å²) in [5.41, 5.74) is -0.144. The average Bonchev–Trinajstić information content (AvgIpc) is 2.58. The van der Waals surface area contributed by atoms with Crippen LogP contribution in [0.25, 0.3) is 0 Å². The monoisotopic (exact) mass is 367 g/mol. The van der Waals surface area contributed by atoms with E-state index in [0.29, 0.717) is 13.1 Å². The number of ether oxygens (including phenoxy) is 1. The lowest BCUT2D eigenvalue weighted by Crippen LogP contribution is -2.56. The van der Waals surface area contributed by atoms with Crippen LogP contribution in [0.2, 0.25) is 0 Å². The van der Waals surface area contributed by atoms with Crippen molar-refractivity contribution < 1.29 is 14.3 Å². The van der Waals surface area contributed by atoms with Gasteiger partial charge in [0.15, 0.2) is 0 Å². The van der Waals surface area contributed by atoms with Crippen LogP contribution in [0.1, 0.15) is 54.4 Å². The largest absolute Gasteiger partial charge is 0.366 e. The Bertz CT molecular complexity index is 491. The van der Waals surface area contributed by atoms with Crippen molar-refractivity contribution in [2.24, 2.45) is 5.92 Å². The van der Waals surface area contributed by atoms with Crippen LogP contribution < -0.4 is 0 Å². The maximum Gasteiger partial charge on any atom is 0.248 e. The topological polar surface area (TPSA) is 53.1 Å². The highest BCUT2D eigenvalue weighted by Gasteiger charge is 2.33. The van der Waals surface area contributed by atoms with Crippen LogP contribution >= 0.6 is 0 Å². The van der Waals surface area contributed by atoms with Crippen LogP contribution in [0.3, 0.4) is 0 Å². The molecule has 2 saturated heterocycles. The molecule has 6 heteroatoms. The van der Waals surface area contributed by atoms with E-state index in [4.69, 9.17) is 4.74 Å². The first kappa shape index (κ1) is 21.2. The van der Waals surface area contributed by atoms with Gasteiger partial charge in [-0.1, -0.05) is 0 Å². The van der Waals surface area contributed by atoms with Gasteiger partial charge in [-0.15, -0.1) is 0 Å². The SMILES string of the molecule is CC(C)(C)OCC(=O)N1CCC(C(=O)N2CCN(C(C)(C)C)CC2)CC1. The van der Waals surface area contributed by atoms with Gasteiger partial charge in [-0.2, -0.15) is 0 Å². The number of nitrogens with zero attached hydrogens (tertiary/aromatic N) is 3. The predicted octanol–water partition coefficient (Wildman–Crippen LogP) is 1.98. The van der Waals surface area contributed by atoms with Crippen LogP contribution in [0.4, 0.5) is 0 Å². The maximum atomic E-state index is 12.8. The number of likely N-dealkylation sites (tertiary alicyclic amines) is 1.